The first-order valence-corrected chi connectivity index (χ1v) is 7.91. The van der Waals surface area contributed by atoms with Gasteiger partial charge >= 0.3 is 0 Å². The highest BCUT2D eigenvalue weighted by Gasteiger charge is 2.22. The fourth-order valence-electron chi connectivity index (χ4n) is 3.20. The van der Waals surface area contributed by atoms with Crippen LogP contribution >= 0.6 is 11.6 Å². The van der Waals surface area contributed by atoms with Crippen LogP contribution in [0.1, 0.15) is 17.8 Å². The quantitative estimate of drug-likeness (QED) is 0.807. The number of hydrogen-bond acceptors (Lipinski definition) is 2. The Morgan fingerprint density at radius 2 is 2.25 bits per heavy atom. The molecular weight excluding hydrogens is 270 g/mol. The summed E-state index contributed by atoms with van der Waals surface area (Å²) in [5, 5.41) is 0. The predicted molar refractivity (Wildman–Crippen MR) is 84.5 cm³/mol. The highest BCUT2D eigenvalue weighted by Crippen LogP contribution is 2.23. The summed E-state index contributed by atoms with van der Waals surface area (Å²) in [6.07, 6.45) is 2.13. The molecule has 1 aliphatic heterocycles. The summed E-state index contributed by atoms with van der Waals surface area (Å²) in [7, 11) is 2.20. The Morgan fingerprint density at radius 1 is 1.40 bits per heavy atom. The average molecular weight is 292 g/mol. The Hall–Kier alpha value is -1.06. The van der Waals surface area contributed by atoms with Crippen molar-refractivity contribution >= 4 is 22.6 Å². The number of halogens is 1. The second-order valence-electron chi connectivity index (χ2n) is 5.99. The Kier molecular flexibility index (Phi) is 3.99. The molecule has 20 heavy (non-hydrogen) atoms. The van der Waals surface area contributed by atoms with Crippen LogP contribution in [0, 0.1) is 12.8 Å². The number of benzene rings is 1. The average Bonchev–Trinajstić information content (AvgIpc) is 2.95. The van der Waals surface area contributed by atoms with E-state index in [4.69, 9.17) is 16.6 Å². The number of aromatic nitrogens is 2. The Balaban J connectivity index is 1.95. The SMILES string of the molecule is Cc1ccc2c(c1)nc(CCCl)n2CC1CCN(C)C1. The molecule has 0 N–H and O–H groups in total. The van der Waals surface area contributed by atoms with Gasteiger partial charge in [0, 0.05) is 25.4 Å². The number of likely N-dealkylation sites (tertiary alicyclic amines) is 1. The van der Waals surface area contributed by atoms with Crippen molar-refractivity contribution in [1.82, 2.24) is 14.5 Å². The van der Waals surface area contributed by atoms with Gasteiger partial charge in [-0.25, -0.2) is 4.98 Å². The molecule has 0 bridgehead atoms. The van der Waals surface area contributed by atoms with E-state index < -0.39 is 0 Å². The molecule has 108 valence electrons. The minimum absolute atomic E-state index is 0.632. The van der Waals surface area contributed by atoms with Crippen LogP contribution in [-0.4, -0.2) is 40.5 Å². The summed E-state index contributed by atoms with van der Waals surface area (Å²) in [6, 6.07) is 6.55. The van der Waals surface area contributed by atoms with Crippen molar-refractivity contribution in [3.63, 3.8) is 0 Å². The first-order valence-electron chi connectivity index (χ1n) is 7.37. The predicted octanol–water partition coefficient (Wildman–Crippen LogP) is 3.08. The van der Waals surface area contributed by atoms with Gasteiger partial charge in [0.25, 0.3) is 0 Å². The van der Waals surface area contributed by atoms with Crippen LogP contribution in [0.5, 0.6) is 0 Å². The lowest BCUT2D eigenvalue weighted by Crippen LogP contribution is -2.18. The zero-order valence-electron chi connectivity index (χ0n) is 12.3. The van der Waals surface area contributed by atoms with E-state index >= 15 is 0 Å². The minimum Gasteiger partial charge on any atom is -0.328 e. The molecule has 1 saturated heterocycles. The smallest absolute Gasteiger partial charge is 0.111 e. The Labute approximate surface area is 125 Å². The maximum Gasteiger partial charge on any atom is 0.111 e. The third kappa shape index (κ3) is 2.70. The number of imidazole rings is 1. The van der Waals surface area contributed by atoms with Crippen molar-refractivity contribution in [3.8, 4) is 0 Å². The first kappa shape index (κ1) is 13.9. The van der Waals surface area contributed by atoms with E-state index in [9.17, 15) is 0 Å². The summed E-state index contributed by atoms with van der Waals surface area (Å²) < 4.78 is 2.39. The van der Waals surface area contributed by atoms with Crippen LogP contribution in [0.3, 0.4) is 0 Å². The third-order valence-corrected chi connectivity index (χ3v) is 4.42. The Morgan fingerprint density at radius 3 is 2.95 bits per heavy atom. The van der Waals surface area contributed by atoms with Crippen molar-refractivity contribution in [2.45, 2.75) is 26.3 Å². The lowest BCUT2D eigenvalue weighted by molar-refractivity contribution is 0.378. The molecule has 2 aromatic rings. The second-order valence-corrected chi connectivity index (χ2v) is 6.36. The van der Waals surface area contributed by atoms with Crippen LogP contribution in [0.2, 0.25) is 0 Å². The molecule has 0 saturated carbocycles. The van der Waals surface area contributed by atoms with Gasteiger partial charge in [0.15, 0.2) is 0 Å². The van der Waals surface area contributed by atoms with Crippen LogP contribution in [0.4, 0.5) is 0 Å². The van der Waals surface area contributed by atoms with Gasteiger partial charge in [0.1, 0.15) is 5.82 Å². The zero-order valence-corrected chi connectivity index (χ0v) is 13.0. The molecule has 2 heterocycles. The number of nitrogens with zero attached hydrogens (tertiary/aromatic N) is 3. The van der Waals surface area contributed by atoms with Crippen molar-refractivity contribution in [3.05, 3.63) is 29.6 Å². The van der Waals surface area contributed by atoms with Gasteiger partial charge in [0.05, 0.1) is 11.0 Å². The summed E-state index contributed by atoms with van der Waals surface area (Å²) in [4.78, 5) is 7.20. The maximum absolute atomic E-state index is 5.95. The van der Waals surface area contributed by atoms with Gasteiger partial charge in [0.2, 0.25) is 0 Å². The fraction of sp³-hybridized carbons (Fsp3) is 0.562. The first-order chi connectivity index (χ1) is 9.67. The molecule has 1 aromatic carbocycles. The summed E-state index contributed by atoms with van der Waals surface area (Å²) >= 11 is 5.95. The highest BCUT2D eigenvalue weighted by molar-refractivity contribution is 6.17. The van der Waals surface area contributed by atoms with Crippen LogP contribution in [-0.2, 0) is 13.0 Å². The van der Waals surface area contributed by atoms with Crippen molar-refractivity contribution in [2.24, 2.45) is 5.92 Å². The van der Waals surface area contributed by atoms with Crippen LogP contribution < -0.4 is 0 Å². The molecule has 0 aliphatic carbocycles. The van der Waals surface area contributed by atoms with Gasteiger partial charge in [-0.2, -0.15) is 0 Å². The maximum atomic E-state index is 5.95. The number of rotatable bonds is 4. The zero-order chi connectivity index (χ0) is 14.1. The Bertz CT molecular complexity index is 605. The molecule has 0 spiro atoms. The third-order valence-electron chi connectivity index (χ3n) is 4.23. The van der Waals surface area contributed by atoms with Gasteiger partial charge in [-0.05, 0) is 50.6 Å². The van der Waals surface area contributed by atoms with E-state index in [0.717, 1.165) is 30.2 Å². The van der Waals surface area contributed by atoms with E-state index in [0.29, 0.717) is 5.88 Å². The lowest BCUT2D eigenvalue weighted by Gasteiger charge is -2.14. The van der Waals surface area contributed by atoms with E-state index in [1.807, 2.05) is 0 Å². The summed E-state index contributed by atoms with van der Waals surface area (Å²) in [6.45, 7) is 5.58. The normalized spacial score (nSPS) is 20.1. The summed E-state index contributed by atoms with van der Waals surface area (Å²) in [5.74, 6) is 2.50. The number of aryl methyl sites for hydroxylation is 2. The minimum atomic E-state index is 0.632. The molecule has 1 aliphatic rings. The van der Waals surface area contributed by atoms with Crippen molar-refractivity contribution in [1.29, 1.82) is 0 Å². The molecule has 0 radical (unpaired) electrons. The van der Waals surface area contributed by atoms with E-state index in [2.05, 4.69) is 41.6 Å². The second kappa shape index (κ2) is 5.74. The van der Waals surface area contributed by atoms with Gasteiger partial charge < -0.3 is 9.47 Å². The molecule has 1 fully saturated rings. The molecule has 1 unspecified atom stereocenters. The largest absolute Gasteiger partial charge is 0.328 e. The van der Waals surface area contributed by atoms with Gasteiger partial charge in [-0.15, -0.1) is 11.6 Å². The molecule has 4 heteroatoms. The van der Waals surface area contributed by atoms with E-state index in [1.54, 1.807) is 0 Å². The summed E-state index contributed by atoms with van der Waals surface area (Å²) in [5.41, 5.74) is 3.63. The molecule has 3 rings (SSSR count). The molecule has 1 aromatic heterocycles. The van der Waals surface area contributed by atoms with Crippen molar-refractivity contribution in [2.75, 3.05) is 26.0 Å². The molecule has 0 amide bonds. The number of fused-ring (bicyclic) bond motifs is 1. The number of alkyl halides is 1. The molecule has 3 nitrogen and oxygen atoms in total. The number of hydrogen-bond donors (Lipinski definition) is 0. The van der Waals surface area contributed by atoms with Crippen molar-refractivity contribution < 1.29 is 0 Å². The molecule has 1 atom stereocenters. The van der Waals surface area contributed by atoms with E-state index in [1.165, 1.54) is 30.6 Å². The standard InChI is InChI=1S/C16H22ClN3/c1-12-3-4-15-14(9-12)18-16(5-7-17)20(15)11-13-6-8-19(2)10-13/h3-4,9,13H,5-8,10-11H2,1-2H3. The lowest BCUT2D eigenvalue weighted by atomic mass is 10.1. The topological polar surface area (TPSA) is 21.1 Å². The van der Waals surface area contributed by atoms with Gasteiger partial charge in [-0.3, -0.25) is 0 Å². The highest BCUT2D eigenvalue weighted by atomic mass is 35.5. The van der Waals surface area contributed by atoms with Crippen LogP contribution in [0.25, 0.3) is 11.0 Å². The van der Waals surface area contributed by atoms with Crippen LogP contribution in [0.15, 0.2) is 18.2 Å². The molecular formula is C16H22ClN3. The monoisotopic (exact) mass is 291 g/mol. The van der Waals surface area contributed by atoms with Gasteiger partial charge in [-0.1, -0.05) is 6.07 Å². The fourth-order valence-corrected chi connectivity index (χ4v) is 3.37. The van der Waals surface area contributed by atoms with E-state index in [-0.39, 0.29) is 0 Å².